The lowest BCUT2D eigenvalue weighted by atomic mass is 10.0. The average molecular weight is 486 g/mol. The maximum absolute atomic E-state index is 15.3. The number of ether oxygens (including phenoxy) is 2. The summed E-state index contributed by atoms with van der Waals surface area (Å²) in [6.45, 7) is 0.178. The van der Waals surface area contributed by atoms with Gasteiger partial charge in [0.2, 0.25) is 5.89 Å². The molecule has 0 N–H and O–H groups in total. The molecule has 5 rings (SSSR count). The van der Waals surface area contributed by atoms with Crippen LogP contribution >= 0.6 is 0 Å². The number of fused-ring (bicyclic) bond motifs is 1. The van der Waals surface area contributed by atoms with Crippen LogP contribution in [0.3, 0.4) is 0 Å². The lowest BCUT2D eigenvalue weighted by Gasteiger charge is -2.32. The number of oxazole rings is 1. The number of carbonyl (C=O) groups excluding carboxylic acids is 1. The Morgan fingerprint density at radius 1 is 1.26 bits per heavy atom. The number of amides is 1. The average Bonchev–Trinajstić information content (AvgIpc) is 3.52. The fraction of sp³-hybridized carbons (Fsp3) is 0.292. The summed E-state index contributed by atoms with van der Waals surface area (Å²) in [5.74, 6) is -1.63. The molecule has 0 radical (unpaired) electrons. The standard InChI is InChI=1S/C24H21F3N4O4/c1-33-24(32)30-5-7-34-16(13-30)11-19-22(29-20-8-14(12-25)2-4-31(19)20)21-17(26)9-15(10-18(21)27)23-28-3-6-35-23/h2-4,6,8-10,16H,5,7,11-13H2,1H3. The number of halogens is 3. The lowest BCUT2D eigenvalue weighted by Crippen LogP contribution is -2.46. The third-order valence-corrected chi connectivity index (χ3v) is 5.89. The van der Waals surface area contributed by atoms with Gasteiger partial charge in [-0.05, 0) is 29.8 Å². The Labute approximate surface area is 197 Å². The Kier molecular flexibility index (Phi) is 6.16. The number of morpholine rings is 1. The first kappa shape index (κ1) is 22.9. The minimum atomic E-state index is -0.852. The molecule has 1 aliphatic heterocycles. The number of hydrogen-bond acceptors (Lipinski definition) is 6. The number of carbonyl (C=O) groups is 1. The first-order valence-electron chi connectivity index (χ1n) is 10.9. The van der Waals surface area contributed by atoms with Crippen LogP contribution in [0.2, 0.25) is 0 Å². The molecule has 8 nitrogen and oxygen atoms in total. The van der Waals surface area contributed by atoms with E-state index in [-0.39, 0.29) is 42.3 Å². The highest BCUT2D eigenvalue weighted by Crippen LogP contribution is 2.34. The van der Waals surface area contributed by atoms with Gasteiger partial charge in [0, 0.05) is 24.7 Å². The normalized spacial score (nSPS) is 16.1. The molecule has 4 heterocycles. The predicted molar refractivity (Wildman–Crippen MR) is 118 cm³/mol. The molecule has 35 heavy (non-hydrogen) atoms. The summed E-state index contributed by atoms with van der Waals surface area (Å²) < 4.78 is 61.3. The molecule has 1 saturated heterocycles. The molecule has 11 heteroatoms. The van der Waals surface area contributed by atoms with E-state index in [4.69, 9.17) is 13.9 Å². The van der Waals surface area contributed by atoms with Gasteiger partial charge in [0.1, 0.15) is 30.2 Å². The van der Waals surface area contributed by atoms with Crippen molar-refractivity contribution in [2.75, 3.05) is 26.8 Å². The third-order valence-electron chi connectivity index (χ3n) is 5.89. The van der Waals surface area contributed by atoms with Crippen molar-refractivity contribution in [3.8, 4) is 22.7 Å². The zero-order valence-electron chi connectivity index (χ0n) is 18.7. The molecule has 0 spiro atoms. The molecule has 1 aromatic carbocycles. The lowest BCUT2D eigenvalue weighted by molar-refractivity contribution is -0.0241. The van der Waals surface area contributed by atoms with Crippen LogP contribution in [0, 0.1) is 11.6 Å². The SMILES string of the molecule is COC(=O)N1CCOC(Cc2c(-c3c(F)cc(-c4ncco4)cc3F)nc3cc(CF)ccn23)C1. The van der Waals surface area contributed by atoms with E-state index >= 15 is 8.78 Å². The van der Waals surface area contributed by atoms with Crippen LogP contribution in [-0.4, -0.2) is 58.3 Å². The van der Waals surface area contributed by atoms with Gasteiger partial charge in [-0.15, -0.1) is 0 Å². The minimum Gasteiger partial charge on any atom is -0.453 e. The Bertz CT molecular complexity index is 1350. The van der Waals surface area contributed by atoms with E-state index in [9.17, 15) is 9.18 Å². The summed E-state index contributed by atoms with van der Waals surface area (Å²) in [6.07, 6.45) is 3.53. The van der Waals surface area contributed by atoms with Crippen LogP contribution in [0.5, 0.6) is 0 Å². The zero-order valence-corrected chi connectivity index (χ0v) is 18.7. The van der Waals surface area contributed by atoms with E-state index in [1.54, 1.807) is 16.7 Å². The van der Waals surface area contributed by atoms with Gasteiger partial charge in [0.05, 0.1) is 49.5 Å². The first-order valence-corrected chi connectivity index (χ1v) is 10.9. The molecule has 1 aliphatic rings. The van der Waals surface area contributed by atoms with Crippen LogP contribution in [0.25, 0.3) is 28.4 Å². The van der Waals surface area contributed by atoms with Crippen molar-refractivity contribution in [1.29, 1.82) is 0 Å². The van der Waals surface area contributed by atoms with Gasteiger partial charge in [-0.25, -0.2) is 27.9 Å². The molecular formula is C24H21F3N4O4. The van der Waals surface area contributed by atoms with Crippen molar-refractivity contribution in [2.24, 2.45) is 0 Å². The van der Waals surface area contributed by atoms with Crippen molar-refractivity contribution in [1.82, 2.24) is 19.3 Å². The quantitative estimate of drug-likeness (QED) is 0.416. The van der Waals surface area contributed by atoms with Gasteiger partial charge in [0.25, 0.3) is 0 Å². The van der Waals surface area contributed by atoms with E-state index < -0.39 is 30.5 Å². The van der Waals surface area contributed by atoms with E-state index in [2.05, 4.69) is 9.97 Å². The maximum atomic E-state index is 15.3. The van der Waals surface area contributed by atoms with Crippen molar-refractivity contribution in [2.45, 2.75) is 19.2 Å². The highest BCUT2D eigenvalue weighted by atomic mass is 19.1. The van der Waals surface area contributed by atoms with Crippen molar-refractivity contribution in [3.05, 3.63) is 65.8 Å². The number of rotatable bonds is 5. The van der Waals surface area contributed by atoms with Gasteiger partial charge in [0.15, 0.2) is 0 Å². The van der Waals surface area contributed by atoms with Gasteiger partial charge >= 0.3 is 6.09 Å². The molecule has 1 unspecified atom stereocenters. The second-order valence-electron chi connectivity index (χ2n) is 8.07. The summed E-state index contributed by atoms with van der Waals surface area (Å²) in [5.41, 5.74) is 1.05. The van der Waals surface area contributed by atoms with Crippen LogP contribution in [0.1, 0.15) is 11.3 Å². The first-order chi connectivity index (χ1) is 17.0. The molecule has 1 amide bonds. The third kappa shape index (κ3) is 4.34. The number of pyridine rings is 1. The van der Waals surface area contributed by atoms with Crippen LogP contribution in [-0.2, 0) is 22.6 Å². The Hall–Kier alpha value is -3.86. The highest BCUT2D eigenvalue weighted by Gasteiger charge is 2.29. The van der Waals surface area contributed by atoms with E-state index in [0.717, 1.165) is 12.1 Å². The number of aromatic nitrogens is 3. The number of benzene rings is 1. The summed E-state index contributed by atoms with van der Waals surface area (Å²) in [5, 5.41) is 0. The number of nitrogens with zero attached hydrogens (tertiary/aromatic N) is 4. The van der Waals surface area contributed by atoms with Gasteiger partial charge in [-0.1, -0.05) is 0 Å². The van der Waals surface area contributed by atoms with Crippen LogP contribution < -0.4 is 0 Å². The van der Waals surface area contributed by atoms with E-state index in [0.29, 0.717) is 23.4 Å². The summed E-state index contributed by atoms with van der Waals surface area (Å²) in [6, 6.07) is 5.34. The van der Waals surface area contributed by atoms with Gasteiger partial charge < -0.3 is 23.2 Å². The van der Waals surface area contributed by atoms with E-state index in [1.165, 1.54) is 30.5 Å². The van der Waals surface area contributed by atoms with E-state index in [1.807, 2.05) is 0 Å². The van der Waals surface area contributed by atoms with Crippen LogP contribution in [0.15, 0.2) is 47.3 Å². The molecule has 4 aromatic rings. The Morgan fingerprint density at radius 3 is 2.74 bits per heavy atom. The molecule has 0 saturated carbocycles. The van der Waals surface area contributed by atoms with Gasteiger partial charge in [-0.2, -0.15) is 0 Å². The molecule has 1 fully saturated rings. The minimum absolute atomic E-state index is 0.0637. The van der Waals surface area contributed by atoms with Crippen molar-refractivity contribution in [3.63, 3.8) is 0 Å². The molecule has 3 aromatic heterocycles. The second-order valence-corrected chi connectivity index (χ2v) is 8.07. The molecule has 0 bridgehead atoms. The zero-order chi connectivity index (χ0) is 24.5. The fourth-order valence-corrected chi connectivity index (χ4v) is 4.26. The molecule has 182 valence electrons. The van der Waals surface area contributed by atoms with Gasteiger partial charge in [-0.3, -0.25) is 0 Å². The van der Waals surface area contributed by atoms with Crippen molar-refractivity contribution < 1.29 is 31.9 Å². The number of methoxy groups -OCH3 is 1. The summed E-state index contributed by atoms with van der Waals surface area (Å²) in [4.78, 5) is 21.9. The highest BCUT2D eigenvalue weighted by molar-refractivity contribution is 5.71. The smallest absolute Gasteiger partial charge is 0.409 e. The molecule has 1 atom stereocenters. The number of hydrogen-bond donors (Lipinski definition) is 0. The predicted octanol–water partition coefficient (Wildman–Crippen LogP) is 4.41. The summed E-state index contributed by atoms with van der Waals surface area (Å²) in [7, 11) is 1.30. The Morgan fingerprint density at radius 2 is 2.06 bits per heavy atom. The number of imidazole rings is 1. The second kappa shape index (κ2) is 9.41. The van der Waals surface area contributed by atoms with Crippen molar-refractivity contribution >= 4 is 11.7 Å². The largest absolute Gasteiger partial charge is 0.453 e. The van der Waals surface area contributed by atoms with Crippen LogP contribution in [0.4, 0.5) is 18.0 Å². The monoisotopic (exact) mass is 486 g/mol. The Balaban J connectivity index is 1.59. The summed E-state index contributed by atoms with van der Waals surface area (Å²) >= 11 is 0. The maximum Gasteiger partial charge on any atom is 0.409 e. The topological polar surface area (TPSA) is 82.1 Å². The molecule has 0 aliphatic carbocycles. The molecular weight excluding hydrogens is 465 g/mol. The number of alkyl halides is 1. The fourth-order valence-electron chi connectivity index (χ4n) is 4.26.